The summed E-state index contributed by atoms with van der Waals surface area (Å²) in [6.07, 6.45) is 1.71. The molecule has 1 aliphatic heterocycles. The van der Waals surface area contributed by atoms with Crippen molar-refractivity contribution in [3.05, 3.63) is 106 Å². The third-order valence-electron chi connectivity index (χ3n) is 6.54. The molecule has 0 radical (unpaired) electrons. The SMILES string of the molecule is COc1ccc(/C=C2\SC(=O)N(CCOc3cc(C)ccc3C)C2=O)cc1OCc1cccc2ccccc12. The van der Waals surface area contributed by atoms with E-state index in [0.717, 1.165) is 50.5 Å². The quantitative estimate of drug-likeness (QED) is 0.210. The fraction of sp³-hybridized carbons (Fsp3) is 0.188. The zero-order chi connectivity index (χ0) is 27.4. The van der Waals surface area contributed by atoms with Crippen LogP contribution in [0.5, 0.6) is 17.2 Å². The predicted octanol–water partition coefficient (Wildman–Crippen LogP) is 7.16. The molecule has 0 atom stereocenters. The first-order valence-corrected chi connectivity index (χ1v) is 13.5. The Bertz CT molecular complexity index is 1570. The van der Waals surface area contributed by atoms with Crippen molar-refractivity contribution in [2.24, 2.45) is 0 Å². The monoisotopic (exact) mass is 539 g/mol. The fourth-order valence-electron chi connectivity index (χ4n) is 4.42. The lowest BCUT2D eigenvalue weighted by molar-refractivity contribution is -0.123. The Labute approximate surface area is 232 Å². The first-order chi connectivity index (χ1) is 18.9. The van der Waals surface area contributed by atoms with E-state index in [2.05, 4.69) is 18.2 Å². The number of nitrogens with zero attached hydrogens (tertiary/aromatic N) is 1. The minimum atomic E-state index is -0.330. The number of rotatable bonds is 9. The van der Waals surface area contributed by atoms with Crippen LogP contribution in [0, 0.1) is 13.8 Å². The predicted molar refractivity (Wildman–Crippen MR) is 155 cm³/mol. The van der Waals surface area contributed by atoms with Crippen molar-refractivity contribution in [3.63, 3.8) is 0 Å². The molecular formula is C32H29NO5S. The van der Waals surface area contributed by atoms with Crippen LogP contribution in [-0.2, 0) is 11.4 Å². The molecule has 1 fully saturated rings. The van der Waals surface area contributed by atoms with Gasteiger partial charge in [0, 0.05) is 0 Å². The fourth-order valence-corrected chi connectivity index (χ4v) is 5.29. The maximum atomic E-state index is 13.0. The summed E-state index contributed by atoms with van der Waals surface area (Å²) in [6.45, 7) is 4.72. The second-order valence-electron chi connectivity index (χ2n) is 9.29. The van der Waals surface area contributed by atoms with Gasteiger partial charge in [0.25, 0.3) is 11.1 Å². The van der Waals surface area contributed by atoms with Gasteiger partial charge in [0.1, 0.15) is 19.0 Å². The van der Waals surface area contributed by atoms with Gasteiger partial charge in [-0.2, -0.15) is 0 Å². The number of hydrogen-bond acceptors (Lipinski definition) is 6. The molecule has 2 amide bonds. The van der Waals surface area contributed by atoms with Crippen molar-refractivity contribution < 1.29 is 23.8 Å². The molecule has 1 heterocycles. The number of aryl methyl sites for hydroxylation is 2. The lowest BCUT2D eigenvalue weighted by atomic mass is 10.1. The molecule has 39 heavy (non-hydrogen) atoms. The number of benzene rings is 4. The summed E-state index contributed by atoms with van der Waals surface area (Å²) in [7, 11) is 1.59. The van der Waals surface area contributed by atoms with Crippen LogP contribution in [0.1, 0.15) is 22.3 Å². The zero-order valence-electron chi connectivity index (χ0n) is 22.1. The molecule has 6 nitrogen and oxygen atoms in total. The number of carbonyl (C=O) groups is 2. The highest BCUT2D eigenvalue weighted by atomic mass is 32.2. The molecule has 4 aromatic rings. The topological polar surface area (TPSA) is 65.1 Å². The van der Waals surface area contributed by atoms with Crippen molar-refractivity contribution in [2.75, 3.05) is 20.3 Å². The second-order valence-corrected chi connectivity index (χ2v) is 10.3. The van der Waals surface area contributed by atoms with Gasteiger partial charge in [0.05, 0.1) is 18.6 Å². The number of carbonyl (C=O) groups excluding carboxylic acids is 2. The number of amides is 2. The summed E-state index contributed by atoms with van der Waals surface area (Å²) in [5, 5.41) is 1.97. The van der Waals surface area contributed by atoms with E-state index in [1.807, 2.05) is 68.4 Å². The Hall–Kier alpha value is -4.23. The summed E-state index contributed by atoms with van der Waals surface area (Å²) in [6, 6.07) is 25.7. The lowest BCUT2D eigenvalue weighted by Gasteiger charge is -2.15. The molecule has 0 saturated carbocycles. The number of hydrogen-bond donors (Lipinski definition) is 0. The molecule has 0 bridgehead atoms. The molecule has 7 heteroatoms. The van der Waals surface area contributed by atoms with Gasteiger partial charge in [0.2, 0.25) is 0 Å². The van der Waals surface area contributed by atoms with Crippen molar-refractivity contribution in [1.29, 1.82) is 0 Å². The molecule has 0 aromatic heterocycles. The molecule has 1 saturated heterocycles. The van der Waals surface area contributed by atoms with E-state index in [1.54, 1.807) is 19.3 Å². The van der Waals surface area contributed by atoms with Gasteiger partial charge in [-0.3, -0.25) is 14.5 Å². The molecule has 0 aliphatic carbocycles. The summed E-state index contributed by atoms with van der Waals surface area (Å²) in [4.78, 5) is 27.2. The third-order valence-corrected chi connectivity index (χ3v) is 7.45. The van der Waals surface area contributed by atoms with E-state index in [4.69, 9.17) is 14.2 Å². The standard InChI is InChI=1S/C32H29NO5S/c1-21-11-12-22(2)28(17-21)37-16-15-33-31(34)30(39-32(33)35)19-23-13-14-27(36-3)29(18-23)38-20-25-9-6-8-24-7-4-5-10-26(24)25/h4-14,17-19H,15-16,20H2,1-3H3/b30-19-. The van der Waals surface area contributed by atoms with Gasteiger partial charge in [-0.15, -0.1) is 0 Å². The first kappa shape index (κ1) is 26.4. The third kappa shape index (κ3) is 5.94. The Morgan fingerprint density at radius 2 is 1.67 bits per heavy atom. The van der Waals surface area contributed by atoms with Crippen molar-refractivity contribution in [1.82, 2.24) is 4.90 Å². The molecule has 0 unspecified atom stereocenters. The minimum absolute atomic E-state index is 0.178. The van der Waals surface area contributed by atoms with Crippen LogP contribution in [0.25, 0.3) is 16.8 Å². The maximum absolute atomic E-state index is 13.0. The van der Waals surface area contributed by atoms with Gasteiger partial charge >= 0.3 is 0 Å². The highest BCUT2D eigenvalue weighted by molar-refractivity contribution is 8.18. The molecule has 0 N–H and O–H groups in total. The normalized spacial score (nSPS) is 14.3. The van der Waals surface area contributed by atoms with Gasteiger partial charge in [-0.05, 0) is 82.9 Å². The Morgan fingerprint density at radius 3 is 2.51 bits per heavy atom. The Balaban J connectivity index is 1.28. The summed E-state index contributed by atoms with van der Waals surface area (Å²) in [5.41, 5.74) is 3.89. The summed E-state index contributed by atoms with van der Waals surface area (Å²) >= 11 is 0.927. The number of imide groups is 1. The summed E-state index contributed by atoms with van der Waals surface area (Å²) in [5.74, 6) is 1.57. The van der Waals surface area contributed by atoms with Crippen LogP contribution in [0.2, 0.25) is 0 Å². The summed E-state index contributed by atoms with van der Waals surface area (Å²) < 4.78 is 17.5. The Kier molecular flexibility index (Phi) is 7.89. The van der Waals surface area contributed by atoms with Crippen LogP contribution in [0.3, 0.4) is 0 Å². The van der Waals surface area contributed by atoms with E-state index in [-0.39, 0.29) is 24.3 Å². The molecule has 5 rings (SSSR count). The van der Waals surface area contributed by atoms with Crippen LogP contribution < -0.4 is 14.2 Å². The second kappa shape index (κ2) is 11.7. The number of fused-ring (bicyclic) bond motifs is 1. The highest BCUT2D eigenvalue weighted by Gasteiger charge is 2.34. The maximum Gasteiger partial charge on any atom is 0.293 e. The van der Waals surface area contributed by atoms with Gasteiger partial charge < -0.3 is 14.2 Å². The largest absolute Gasteiger partial charge is 0.493 e. The van der Waals surface area contributed by atoms with E-state index in [0.29, 0.717) is 23.0 Å². The molecule has 198 valence electrons. The Morgan fingerprint density at radius 1 is 0.846 bits per heavy atom. The van der Waals surface area contributed by atoms with E-state index >= 15 is 0 Å². The van der Waals surface area contributed by atoms with Gasteiger partial charge in [0.15, 0.2) is 11.5 Å². The van der Waals surface area contributed by atoms with Crippen molar-refractivity contribution in [3.8, 4) is 17.2 Å². The van der Waals surface area contributed by atoms with E-state index < -0.39 is 0 Å². The van der Waals surface area contributed by atoms with Crippen molar-refractivity contribution in [2.45, 2.75) is 20.5 Å². The molecule has 0 spiro atoms. The van der Waals surface area contributed by atoms with Gasteiger partial charge in [-0.25, -0.2) is 0 Å². The number of thioether (sulfide) groups is 1. The smallest absolute Gasteiger partial charge is 0.293 e. The van der Waals surface area contributed by atoms with E-state index in [1.165, 1.54) is 4.90 Å². The minimum Gasteiger partial charge on any atom is -0.493 e. The number of methoxy groups -OCH3 is 1. The lowest BCUT2D eigenvalue weighted by Crippen LogP contribution is -2.32. The average molecular weight is 540 g/mol. The van der Waals surface area contributed by atoms with E-state index in [9.17, 15) is 9.59 Å². The van der Waals surface area contributed by atoms with Crippen LogP contribution >= 0.6 is 11.8 Å². The van der Waals surface area contributed by atoms with Gasteiger partial charge in [-0.1, -0.05) is 60.7 Å². The molecular weight excluding hydrogens is 510 g/mol. The molecule has 1 aliphatic rings. The highest BCUT2D eigenvalue weighted by Crippen LogP contribution is 2.35. The zero-order valence-corrected chi connectivity index (χ0v) is 22.9. The first-order valence-electron chi connectivity index (χ1n) is 12.7. The molecule has 4 aromatic carbocycles. The van der Waals surface area contributed by atoms with Crippen LogP contribution in [0.4, 0.5) is 4.79 Å². The van der Waals surface area contributed by atoms with Crippen LogP contribution in [0.15, 0.2) is 83.8 Å². The van der Waals surface area contributed by atoms with Crippen molar-refractivity contribution >= 4 is 39.8 Å². The number of ether oxygens (including phenoxy) is 3. The van der Waals surface area contributed by atoms with Crippen LogP contribution in [-0.4, -0.2) is 36.3 Å². The average Bonchev–Trinajstić information content (AvgIpc) is 3.21.